The van der Waals surface area contributed by atoms with Crippen molar-refractivity contribution < 1.29 is 9.53 Å². The van der Waals surface area contributed by atoms with Crippen molar-refractivity contribution in [3.05, 3.63) is 77.9 Å². The van der Waals surface area contributed by atoms with E-state index in [9.17, 15) is 4.79 Å². The maximum absolute atomic E-state index is 13.4. The molecule has 3 aromatic rings. The van der Waals surface area contributed by atoms with E-state index >= 15 is 0 Å². The quantitative estimate of drug-likeness (QED) is 0.562. The Morgan fingerprint density at radius 2 is 1.84 bits per heavy atom. The number of morpholine rings is 1. The zero-order valence-corrected chi connectivity index (χ0v) is 18.0. The van der Waals surface area contributed by atoms with E-state index in [1.165, 1.54) is 0 Å². The SMILES string of the molecule is Cc1cc(C(=O)N(CCCN2CCOCC2)Cc2ccncc2)nn1-c1ccccc1. The zero-order chi connectivity index (χ0) is 21.5. The molecule has 2 aromatic heterocycles. The van der Waals surface area contributed by atoms with Crippen LogP contribution in [0.5, 0.6) is 0 Å². The van der Waals surface area contributed by atoms with Crippen LogP contribution in [0.2, 0.25) is 0 Å². The number of ether oxygens (including phenoxy) is 1. The third kappa shape index (κ3) is 5.57. The summed E-state index contributed by atoms with van der Waals surface area (Å²) in [6.45, 7) is 7.64. The second kappa shape index (κ2) is 10.3. The number of aromatic nitrogens is 3. The number of amides is 1. The van der Waals surface area contributed by atoms with Crippen LogP contribution in [0.1, 0.15) is 28.2 Å². The van der Waals surface area contributed by atoms with Crippen molar-refractivity contribution in [2.45, 2.75) is 19.9 Å². The van der Waals surface area contributed by atoms with Crippen molar-refractivity contribution >= 4 is 5.91 Å². The van der Waals surface area contributed by atoms with Crippen LogP contribution in [0.3, 0.4) is 0 Å². The van der Waals surface area contributed by atoms with Crippen molar-refractivity contribution in [3.8, 4) is 5.69 Å². The van der Waals surface area contributed by atoms with Crippen LogP contribution in [0.4, 0.5) is 0 Å². The molecule has 1 aliphatic heterocycles. The number of nitrogens with zero attached hydrogens (tertiary/aromatic N) is 5. The van der Waals surface area contributed by atoms with Gasteiger partial charge >= 0.3 is 0 Å². The lowest BCUT2D eigenvalue weighted by atomic mass is 10.2. The predicted molar refractivity (Wildman–Crippen MR) is 119 cm³/mol. The maximum atomic E-state index is 13.4. The van der Waals surface area contributed by atoms with E-state index in [1.807, 2.05) is 65.0 Å². The maximum Gasteiger partial charge on any atom is 0.274 e. The van der Waals surface area contributed by atoms with Crippen molar-refractivity contribution in [1.82, 2.24) is 24.6 Å². The van der Waals surface area contributed by atoms with Crippen LogP contribution < -0.4 is 0 Å². The van der Waals surface area contributed by atoms with Crippen LogP contribution in [0.15, 0.2) is 60.9 Å². The standard InChI is InChI=1S/C24H29N5O2/c1-20-18-23(26-29(20)22-6-3-2-4-7-22)24(30)28(19-21-8-10-25-11-9-21)13-5-12-27-14-16-31-17-15-27/h2-4,6-11,18H,5,12-17,19H2,1H3. The van der Waals surface area contributed by atoms with Crippen LogP contribution in [-0.4, -0.2) is 69.9 Å². The van der Waals surface area contributed by atoms with Gasteiger partial charge in [-0.05, 0) is 49.2 Å². The van der Waals surface area contributed by atoms with E-state index in [2.05, 4.69) is 15.0 Å². The average Bonchev–Trinajstić information content (AvgIpc) is 3.21. The van der Waals surface area contributed by atoms with Gasteiger partial charge in [0.15, 0.2) is 5.69 Å². The molecule has 0 atom stereocenters. The molecule has 0 bridgehead atoms. The minimum Gasteiger partial charge on any atom is -0.379 e. The van der Waals surface area contributed by atoms with Gasteiger partial charge in [0, 0.05) is 50.8 Å². The van der Waals surface area contributed by atoms with Gasteiger partial charge in [-0.1, -0.05) is 18.2 Å². The minimum absolute atomic E-state index is 0.0448. The van der Waals surface area contributed by atoms with E-state index < -0.39 is 0 Å². The Balaban J connectivity index is 1.49. The number of rotatable bonds is 8. The van der Waals surface area contributed by atoms with Gasteiger partial charge in [-0.3, -0.25) is 14.7 Å². The van der Waals surface area contributed by atoms with Crippen molar-refractivity contribution in [3.63, 3.8) is 0 Å². The first-order valence-electron chi connectivity index (χ1n) is 10.8. The minimum atomic E-state index is -0.0448. The number of pyridine rings is 1. The molecule has 0 saturated carbocycles. The smallest absolute Gasteiger partial charge is 0.274 e. The Morgan fingerprint density at radius 3 is 2.58 bits per heavy atom. The Bertz CT molecular complexity index is 968. The number of benzene rings is 1. The van der Waals surface area contributed by atoms with Crippen molar-refractivity contribution in [2.24, 2.45) is 0 Å². The number of hydrogen-bond donors (Lipinski definition) is 0. The second-order valence-electron chi connectivity index (χ2n) is 7.81. The van der Waals surface area contributed by atoms with Crippen LogP contribution in [0, 0.1) is 6.92 Å². The fourth-order valence-electron chi connectivity index (χ4n) is 3.84. The molecule has 0 aliphatic carbocycles. The topological polar surface area (TPSA) is 63.5 Å². The lowest BCUT2D eigenvalue weighted by Crippen LogP contribution is -2.39. The summed E-state index contributed by atoms with van der Waals surface area (Å²) in [6.07, 6.45) is 4.44. The zero-order valence-electron chi connectivity index (χ0n) is 18.0. The van der Waals surface area contributed by atoms with E-state index in [1.54, 1.807) is 12.4 Å². The number of carbonyl (C=O) groups excluding carboxylic acids is 1. The third-order valence-corrected chi connectivity index (χ3v) is 5.52. The summed E-state index contributed by atoms with van der Waals surface area (Å²) in [5.74, 6) is -0.0448. The highest BCUT2D eigenvalue weighted by Gasteiger charge is 2.21. The third-order valence-electron chi connectivity index (χ3n) is 5.52. The molecule has 0 N–H and O–H groups in total. The number of para-hydroxylation sites is 1. The molecule has 3 heterocycles. The molecule has 1 aromatic carbocycles. The molecule has 1 aliphatic rings. The average molecular weight is 420 g/mol. The molecular weight excluding hydrogens is 390 g/mol. The number of carbonyl (C=O) groups is 1. The fourth-order valence-corrected chi connectivity index (χ4v) is 3.84. The van der Waals surface area contributed by atoms with E-state index in [0.717, 1.165) is 56.2 Å². The van der Waals surface area contributed by atoms with Gasteiger partial charge in [0.05, 0.1) is 18.9 Å². The Morgan fingerprint density at radius 1 is 1.10 bits per heavy atom. The lowest BCUT2D eigenvalue weighted by molar-refractivity contribution is 0.0355. The summed E-state index contributed by atoms with van der Waals surface area (Å²) >= 11 is 0. The Hall–Kier alpha value is -3.03. The number of hydrogen-bond acceptors (Lipinski definition) is 5. The molecule has 7 nitrogen and oxygen atoms in total. The monoisotopic (exact) mass is 419 g/mol. The van der Waals surface area contributed by atoms with Gasteiger partial charge in [0.2, 0.25) is 0 Å². The van der Waals surface area contributed by atoms with Crippen molar-refractivity contribution in [2.75, 3.05) is 39.4 Å². The number of aryl methyl sites for hydroxylation is 1. The van der Waals surface area contributed by atoms with Gasteiger partial charge in [0.1, 0.15) is 0 Å². The van der Waals surface area contributed by atoms with Gasteiger partial charge in [0.25, 0.3) is 5.91 Å². The van der Waals surface area contributed by atoms with Gasteiger partial charge in [-0.15, -0.1) is 0 Å². The van der Waals surface area contributed by atoms with Crippen LogP contribution >= 0.6 is 0 Å². The van der Waals surface area contributed by atoms with E-state index in [4.69, 9.17) is 4.74 Å². The molecule has 31 heavy (non-hydrogen) atoms. The van der Waals surface area contributed by atoms with Gasteiger partial charge in [-0.25, -0.2) is 4.68 Å². The fraction of sp³-hybridized carbons (Fsp3) is 0.375. The summed E-state index contributed by atoms with van der Waals surface area (Å²) in [6, 6.07) is 15.7. The first-order chi connectivity index (χ1) is 15.2. The highest BCUT2D eigenvalue weighted by atomic mass is 16.5. The highest BCUT2D eigenvalue weighted by molar-refractivity contribution is 5.92. The summed E-state index contributed by atoms with van der Waals surface area (Å²) < 4.78 is 7.25. The molecule has 4 rings (SSSR count). The van der Waals surface area contributed by atoms with Crippen LogP contribution in [-0.2, 0) is 11.3 Å². The highest BCUT2D eigenvalue weighted by Crippen LogP contribution is 2.15. The molecule has 0 radical (unpaired) electrons. The predicted octanol–water partition coefficient (Wildman–Crippen LogP) is 2.94. The second-order valence-corrected chi connectivity index (χ2v) is 7.81. The Labute approximate surface area is 183 Å². The largest absolute Gasteiger partial charge is 0.379 e. The summed E-state index contributed by atoms with van der Waals surface area (Å²) in [5.41, 5.74) is 3.43. The molecule has 0 spiro atoms. The first-order valence-corrected chi connectivity index (χ1v) is 10.8. The Kier molecular flexibility index (Phi) is 7.07. The summed E-state index contributed by atoms with van der Waals surface area (Å²) in [5, 5.41) is 4.63. The van der Waals surface area contributed by atoms with Gasteiger partial charge < -0.3 is 9.64 Å². The summed E-state index contributed by atoms with van der Waals surface area (Å²) in [7, 11) is 0. The molecule has 0 unspecified atom stereocenters. The molecule has 1 fully saturated rings. The van der Waals surface area contributed by atoms with Crippen LogP contribution in [0.25, 0.3) is 5.69 Å². The van der Waals surface area contributed by atoms with E-state index in [-0.39, 0.29) is 5.91 Å². The van der Waals surface area contributed by atoms with Crippen molar-refractivity contribution in [1.29, 1.82) is 0 Å². The molecular formula is C24H29N5O2. The molecule has 1 saturated heterocycles. The molecule has 162 valence electrons. The molecule has 1 amide bonds. The molecule has 7 heteroatoms. The van der Waals surface area contributed by atoms with Gasteiger partial charge in [-0.2, -0.15) is 5.10 Å². The normalized spacial score (nSPS) is 14.5. The lowest BCUT2D eigenvalue weighted by Gasteiger charge is -2.28. The summed E-state index contributed by atoms with van der Waals surface area (Å²) in [4.78, 5) is 21.8. The van der Waals surface area contributed by atoms with E-state index in [0.29, 0.717) is 18.8 Å². The first kappa shape index (κ1) is 21.2.